The molecule has 3 heteroatoms. The number of hydrogen-bond donors (Lipinski definition) is 0. The standard InChI is InChI=1S/C9H10N2S/c1-7-3-4-9(12-7)8-5-6-11(2)10-8/h3-6H,1-2H3. The molecule has 2 rings (SSSR count). The van der Waals surface area contributed by atoms with Gasteiger partial charge in [-0.25, -0.2) is 0 Å². The molecule has 0 N–H and O–H groups in total. The van der Waals surface area contributed by atoms with Gasteiger partial charge in [-0.15, -0.1) is 11.3 Å². The number of aryl methyl sites for hydroxylation is 2. The topological polar surface area (TPSA) is 17.8 Å². The molecule has 2 aromatic rings. The van der Waals surface area contributed by atoms with Gasteiger partial charge in [-0.05, 0) is 25.1 Å². The largest absolute Gasteiger partial charge is 0.275 e. The molecular formula is C9H10N2S. The Morgan fingerprint density at radius 3 is 2.67 bits per heavy atom. The fourth-order valence-electron chi connectivity index (χ4n) is 1.12. The first-order valence-electron chi connectivity index (χ1n) is 3.82. The van der Waals surface area contributed by atoms with E-state index in [2.05, 4.69) is 24.2 Å². The third-order valence-corrected chi connectivity index (χ3v) is 2.73. The van der Waals surface area contributed by atoms with E-state index in [-0.39, 0.29) is 0 Å². The predicted octanol–water partition coefficient (Wildman–Crippen LogP) is 2.46. The normalized spacial score (nSPS) is 10.5. The van der Waals surface area contributed by atoms with Gasteiger partial charge in [-0.1, -0.05) is 0 Å². The number of thiophene rings is 1. The van der Waals surface area contributed by atoms with E-state index in [0.717, 1.165) is 5.69 Å². The fraction of sp³-hybridized carbons (Fsp3) is 0.222. The van der Waals surface area contributed by atoms with Crippen LogP contribution in [0.4, 0.5) is 0 Å². The van der Waals surface area contributed by atoms with E-state index in [1.54, 1.807) is 11.3 Å². The molecule has 0 saturated heterocycles. The van der Waals surface area contributed by atoms with Crippen LogP contribution in [-0.4, -0.2) is 9.78 Å². The van der Waals surface area contributed by atoms with Gasteiger partial charge in [0, 0.05) is 18.1 Å². The van der Waals surface area contributed by atoms with Crippen molar-refractivity contribution in [3.05, 3.63) is 29.3 Å². The molecule has 0 aliphatic rings. The highest BCUT2D eigenvalue weighted by Gasteiger charge is 2.02. The van der Waals surface area contributed by atoms with Gasteiger partial charge in [0.1, 0.15) is 5.69 Å². The lowest BCUT2D eigenvalue weighted by molar-refractivity contribution is 0.771. The molecule has 2 heterocycles. The van der Waals surface area contributed by atoms with Crippen molar-refractivity contribution in [3.63, 3.8) is 0 Å². The zero-order valence-corrected chi connectivity index (χ0v) is 7.93. The zero-order chi connectivity index (χ0) is 8.55. The van der Waals surface area contributed by atoms with Crippen LogP contribution >= 0.6 is 11.3 Å². The van der Waals surface area contributed by atoms with E-state index in [9.17, 15) is 0 Å². The maximum Gasteiger partial charge on any atom is 0.102 e. The minimum Gasteiger partial charge on any atom is -0.275 e. The van der Waals surface area contributed by atoms with Crippen molar-refractivity contribution in [3.8, 4) is 10.6 Å². The van der Waals surface area contributed by atoms with Crippen LogP contribution in [0.25, 0.3) is 10.6 Å². The van der Waals surface area contributed by atoms with Gasteiger partial charge in [-0.2, -0.15) is 5.10 Å². The summed E-state index contributed by atoms with van der Waals surface area (Å²) in [6.45, 7) is 2.11. The number of rotatable bonds is 1. The van der Waals surface area contributed by atoms with Crippen molar-refractivity contribution >= 4 is 11.3 Å². The van der Waals surface area contributed by atoms with Gasteiger partial charge in [0.15, 0.2) is 0 Å². The molecule has 0 aromatic carbocycles. The predicted molar refractivity (Wildman–Crippen MR) is 51.3 cm³/mol. The Labute approximate surface area is 75.5 Å². The molecule has 62 valence electrons. The summed E-state index contributed by atoms with van der Waals surface area (Å²) in [6, 6.07) is 6.27. The molecule has 2 aromatic heterocycles. The Kier molecular flexibility index (Phi) is 1.73. The second kappa shape index (κ2) is 2.75. The number of hydrogen-bond acceptors (Lipinski definition) is 2. The summed E-state index contributed by atoms with van der Waals surface area (Å²) in [5, 5.41) is 4.32. The summed E-state index contributed by atoms with van der Waals surface area (Å²) in [5.41, 5.74) is 1.07. The van der Waals surface area contributed by atoms with Gasteiger partial charge in [0.05, 0.1) is 4.88 Å². The molecule has 0 fully saturated rings. The lowest BCUT2D eigenvalue weighted by Gasteiger charge is -1.87. The summed E-state index contributed by atoms with van der Waals surface area (Å²) < 4.78 is 1.82. The molecule has 0 bridgehead atoms. The quantitative estimate of drug-likeness (QED) is 0.656. The summed E-state index contributed by atoms with van der Waals surface area (Å²) in [5.74, 6) is 0. The zero-order valence-electron chi connectivity index (χ0n) is 7.11. The summed E-state index contributed by atoms with van der Waals surface area (Å²) in [6.07, 6.45) is 1.96. The SMILES string of the molecule is Cc1ccc(-c2ccn(C)n2)s1. The minimum absolute atomic E-state index is 1.07. The lowest BCUT2D eigenvalue weighted by Crippen LogP contribution is -1.86. The highest BCUT2D eigenvalue weighted by Crippen LogP contribution is 2.25. The molecule has 0 unspecified atom stereocenters. The van der Waals surface area contributed by atoms with E-state index in [4.69, 9.17) is 0 Å². The average Bonchev–Trinajstić information content (AvgIpc) is 2.58. The van der Waals surface area contributed by atoms with Gasteiger partial charge in [0.2, 0.25) is 0 Å². The third-order valence-electron chi connectivity index (χ3n) is 1.71. The second-order valence-corrected chi connectivity index (χ2v) is 4.07. The molecule has 0 aliphatic carbocycles. The summed E-state index contributed by atoms with van der Waals surface area (Å²) >= 11 is 1.78. The van der Waals surface area contributed by atoms with E-state index in [1.807, 2.05) is 24.0 Å². The van der Waals surface area contributed by atoms with Crippen molar-refractivity contribution in [1.29, 1.82) is 0 Å². The first-order chi connectivity index (χ1) is 5.75. The highest BCUT2D eigenvalue weighted by molar-refractivity contribution is 7.15. The van der Waals surface area contributed by atoms with Crippen LogP contribution in [-0.2, 0) is 7.05 Å². The van der Waals surface area contributed by atoms with Crippen molar-refractivity contribution in [1.82, 2.24) is 9.78 Å². The molecule has 0 atom stereocenters. The summed E-state index contributed by atoms with van der Waals surface area (Å²) in [7, 11) is 1.93. The minimum atomic E-state index is 1.07. The van der Waals surface area contributed by atoms with Crippen LogP contribution in [0.5, 0.6) is 0 Å². The molecule has 0 radical (unpaired) electrons. The van der Waals surface area contributed by atoms with Crippen molar-refractivity contribution < 1.29 is 0 Å². The maximum absolute atomic E-state index is 4.32. The van der Waals surface area contributed by atoms with Gasteiger partial charge >= 0.3 is 0 Å². The van der Waals surface area contributed by atoms with Crippen molar-refractivity contribution in [2.24, 2.45) is 7.05 Å². The molecule has 0 aliphatic heterocycles. The third kappa shape index (κ3) is 1.28. The molecule has 0 amide bonds. The lowest BCUT2D eigenvalue weighted by atomic mass is 10.3. The number of aromatic nitrogens is 2. The molecule has 0 spiro atoms. The summed E-state index contributed by atoms with van der Waals surface area (Å²) in [4.78, 5) is 2.57. The van der Waals surface area contributed by atoms with Gasteiger partial charge in [-0.3, -0.25) is 4.68 Å². The van der Waals surface area contributed by atoms with E-state index in [1.165, 1.54) is 9.75 Å². The Morgan fingerprint density at radius 2 is 2.17 bits per heavy atom. The maximum atomic E-state index is 4.32. The van der Waals surface area contributed by atoms with E-state index >= 15 is 0 Å². The van der Waals surface area contributed by atoms with E-state index < -0.39 is 0 Å². The first kappa shape index (κ1) is 7.55. The van der Waals surface area contributed by atoms with Crippen LogP contribution in [0.1, 0.15) is 4.88 Å². The van der Waals surface area contributed by atoms with Crippen LogP contribution < -0.4 is 0 Å². The Morgan fingerprint density at radius 1 is 1.33 bits per heavy atom. The smallest absolute Gasteiger partial charge is 0.102 e. The van der Waals surface area contributed by atoms with Crippen molar-refractivity contribution in [2.45, 2.75) is 6.92 Å². The molecular weight excluding hydrogens is 168 g/mol. The monoisotopic (exact) mass is 178 g/mol. The Bertz CT molecular complexity index is 348. The van der Waals surface area contributed by atoms with E-state index in [0.29, 0.717) is 0 Å². The van der Waals surface area contributed by atoms with Crippen molar-refractivity contribution in [2.75, 3.05) is 0 Å². The highest BCUT2D eigenvalue weighted by atomic mass is 32.1. The van der Waals surface area contributed by atoms with Crippen LogP contribution in [0.15, 0.2) is 24.4 Å². The molecule has 0 saturated carbocycles. The second-order valence-electron chi connectivity index (χ2n) is 2.78. The molecule has 2 nitrogen and oxygen atoms in total. The number of nitrogens with zero attached hydrogens (tertiary/aromatic N) is 2. The molecule has 12 heavy (non-hydrogen) atoms. The average molecular weight is 178 g/mol. The van der Waals surface area contributed by atoms with Gasteiger partial charge in [0.25, 0.3) is 0 Å². The van der Waals surface area contributed by atoms with Gasteiger partial charge < -0.3 is 0 Å². The van der Waals surface area contributed by atoms with Crippen LogP contribution in [0, 0.1) is 6.92 Å². The van der Waals surface area contributed by atoms with Crippen LogP contribution in [0.3, 0.4) is 0 Å². The first-order valence-corrected chi connectivity index (χ1v) is 4.64. The Balaban J connectivity index is 2.43. The van der Waals surface area contributed by atoms with Crippen LogP contribution in [0.2, 0.25) is 0 Å². The fourth-order valence-corrected chi connectivity index (χ4v) is 1.95. The Hall–Kier alpha value is -1.09.